The Labute approximate surface area is 120 Å². The Hall–Kier alpha value is -1.17. The van der Waals surface area contributed by atoms with Gasteiger partial charge in [0.15, 0.2) is 0 Å². The summed E-state index contributed by atoms with van der Waals surface area (Å²) in [4.78, 5) is 4.60. The average Bonchev–Trinajstić information content (AvgIpc) is 2.76. The predicted octanol–water partition coefficient (Wildman–Crippen LogP) is 4.20. The van der Waals surface area contributed by atoms with Gasteiger partial charge in [-0.25, -0.2) is 0 Å². The van der Waals surface area contributed by atoms with Crippen LogP contribution in [0.4, 0.5) is 18.9 Å². The lowest BCUT2D eigenvalue weighted by Crippen LogP contribution is -2.24. The van der Waals surface area contributed by atoms with E-state index in [9.17, 15) is 13.2 Å². The monoisotopic (exact) mass is 302 g/mol. The Balaban J connectivity index is 2.32. The van der Waals surface area contributed by atoms with E-state index in [-0.39, 0.29) is 17.1 Å². The van der Waals surface area contributed by atoms with Crippen LogP contribution < -0.4 is 5.73 Å². The highest BCUT2D eigenvalue weighted by Gasteiger charge is 2.33. The fourth-order valence-electron chi connectivity index (χ4n) is 1.90. The van der Waals surface area contributed by atoms with Gasteiger partial charge in [0, 0.05) is 17.0 Å². The number of nitrogens with two attached hydrogens (primary N) is 1. The lowest BCUT2D eigenvalue weighted by molar-refractivity contribution is -0.137. The summed E-state index contributed by atoms with van der Waals surface area (Å²) in [7, 11) is 0. The molecule has 2 N–H and O–H groups in total. The minimum absolute atomic E-state index is 0.0371. The van der Waals surface area contributed by atoms with Crippen LogP contribution in [-0.2, 0) is 6.18 Å². The normalized spacial score (nSPS) is 20.1. The third-order valence-corrected chi connectivity index (χ3v) is 4.34. The van der Waals surface area contributed by atoms with Crippen molar-refractivity contribution in [1.29, 1.82) is 0 Å². The Bertz CT molecular complexity index is 544. The van der Waals surface area contributed by atoms with Gasteiger partial charge in [0.25, 0.3) is 0 Å². The van der Waals surface area contributed by atoms with E-state index in [4.69, 9.17) is 5.73 Å². The van der Waals surface area contributed by atoms with E-state index in [1.165, 1.54) is 6.07 Å². The maximum absolute atomic E-state index is 12.6. The number of hydrogen-bond donors (Lipinski definition) is 1. The van der Waals surface area contributed by atoms with Crippen molar-refractivity contribution < 1.29 is 13.2 Å². The lowest BCUT2D eigenvalue weighted by atomic mass is 9.88. The molecule has 0 amide bonds. The standard InChI is InChI=1S/C14H17F3N2S/c1-13(2,3)11-7-20-12(19-11)9-5-4-8(6-10(9)18)14(15,16)17/h4-6,11H,7,18H2,1-3H3. The van der Waals surface area contributed by atoms with E-state index in [0.717, 1.165) is 22.9 Å². The van der Waals surface area contributed by atoms with Crippen LogP contribution in [0.3, 0.4) is 0 Å². The number of alkyl halides is 3. The summed E-state index contributed by atoms with van der Waals surface area (Å²) in [6.07, 6.45) is -4.37. The minimum atomic E-state index is -4.37. The van der Waals surface area contributed by atoms with Crippen molar-refractivity contribution >= 4 is 22.5 Å². The van der Waals surface area contributed by atoms with Crippen LogP contribution in [0.1, 0.15) is 31.9 Å². The van der Waals surface area contributed by atoms with Crippen LogP contribution >= 0.6 is 11.8 Å². The zero-order valence-electron chi connectivity index (χ0n) is 11.6. The molecule has 1 unspecified atom stereocenters. The van der Waals surface area contributed by atoms with E-state index in [0.29, 0.717) is 5.56 Å². The summed E-state index contributed by atoms with van der Waals surface area (Å²) in [5, 5.41) is 0.733. The number of rotatable bonds is 1. The Morgan fingerprint density at radius 2 is 1.90 bits per heavy atom. The second-order valence-electron chi connectivity index (χ2n) is 5.93. The van der Waals surface area contributed by atoms with Gasteiger partial charge in [-0.1, -0.05) is 20.8 Å². The first-order chi connectivity index (χ1) is 9.09. The summed E-state index contributed by atoms with van der Waals surface area (Å²) in [5.41, 5.74) is 5.79. The van der Waals surface area contributed by atoms with Crippen LogP contribution in [0, 0.1) is 5.41 Å². The second kappa shape index (κ2) is 4.98. The molecule has 0 saturated heterocycles. The average molecular weight is 302 g/mol. The largest absolute Gasteiger partial charge is 0.416 e. The number of aliphatic imine (C=N–C) groups is 1. The molecule has 0 saturated carbocycles. The lowest BCUT2D eigenvalue weighted by Gasteiger charge is -2.23. The van der Waals surface area contributed by atoms with Gasteiger partial charge in [0.2, 0.25) is 0 Å². The first-order valence-electron chi connectivity index (χ1n) is 6.27. The third kappa shape index (κ3) is 3.11. The Morgan fingerprint density at radius 1 is 1.25 bits per heavy atom. The molecule has 0 fully saturated rings. The van der Waals surface area contributed by atoms with Crippen molar-refractivity contribution in [2.24, 2.45) is 10.4 Å². The maximum Gasteiger partial charge on any atom is 0.416 e. The van der Waals surface area contributed by atoms with Gasteiger partial charge in [0.05, 0.1) is 11.6 Å². The van der Waals surface area contributed by atoms with Crippen molar-refractivity contribution in [3.05, 3.63) is 29.3 Å². The van der Waals surface area contributed by atoms with Crippen LogP contribution in [-0.4, -0.2) is 16.8 Å². The summed E-state index contributed by atoms with van der Waals surface area (Å²) in [6, 6.07) is 3.60. The van der Waals surface area contributed by atoms with Crippen LogP contribution in [0.15, 0.2) is 23.2 Å². The number of benzene rings is 1. The molecule has 0 spiro atoms. The van der Waals surface area contributed by atoms with Crippen molar-refractivity contribution in [3.8, 4) is 0 Å². The van der Waals surface area contributed by atoms with Gasteiger partial charge >= 0.3 is 6.18 Å². The highest BCUT2D eigenvalue weighted by atomic mass is 32.2. The molecule has 0 aliphatic carbocycles. The molecule has 0 aromatic heterocycles. The molecule has 1 atom stereocenters. The second-order valence-corrected chi connectivity index (χ2v) is 6.94. The highest BCUT2D eigenvalue weighted by molar-refractivity contribution is 8.14. The molecule has 1 aliphatic rings. The van der Waals surface area contributed by atoms with Gasteiger partial charge in [-0.3, -0.25) is 4.99 Å². The molecule has 1 aromatic carbocycles. The van der Waals surface area contributed by atoms with E-state index in [1.807, 2.05) is 0 Å². The molecule has 1 aliphatic heterocycles. The molecule has 0 bridgehead atoms. The Kier molecular flexibility index (Phi) is 3.79. The van der Waals surface area contributed by atoms with Crippen LogP contribution in [0.5, 0.6) is 0 Å². The summed E-state index contributed by atoms with van der Waals surface area (Å²) in [6.45, 7) is 6.29. The highest BCUT2D eigenvalue weighted by Crippen LogP contribution is 2.36. The van der Waals surface area contributed by atoms with Gasteiger partial charge in [-0.05, 0) is 23.6 Å². The van der Waals surface area contributed by atoms with Crippen molar-refractivity contribution in [3.63, 3.8) is 0 Å². The molecule has 1 aromatic rings. The zero-order chi connectivity index (χ0) is 15.1. The molecule has 20 heavy (non-hydrogen) atoms. The van der Waals surface area contributed by atoms with Gasteiger partial charge in [-0.15, -0.1) is 11.8 Å². The molecule has 110 valence electrons. The number of thioether (sulfide) groups is 1. The summed E-state index contributed by atoms with van der Waals surface area (Å²) in [5.74, 6) is 0.833. The van der Waals surface area contributed by atoms with E-state index >= 15 is 0 Å². The predicted molar refractivity (Wildman–Crippen MR) is 78.1 cm³/mol. The van der Waals surface area contributed by atoms with E-state index in [1.54, 1.807) is 11.8 Å². The zero-order valence-corrected chi connectivity index (χ0v) is 12.4. The van der Waals surface area contributed by atoms with Crippen molar-refractivity contribution in [2.45, 2.75) is 33.0 Å². The quantitative estimate of drug-likeness (QED) is 0.790. The van der Waals surface area contributed by atoms with E-state index in [2.05, 4.69) is 25.8 Å². The third-order valence-electron chi connectivity index (χ3n) is 3.26. The fourth-order valence-corrected chi connectivity index (χ4v) is 3.33. The number of nitrogens with zero attached hydrogens (tertiary/aromatic N) is 1. The van der Waals surface area contributed by atoms with Crippen LogP contribution in [0.2, 0.25) is 0 Å². The van der Waals surface area contributed by atoms with Gasteiger partial charge in [0.1, 0.15) is 5.04 Å². The minimum Gasteiger partial charge on any atom is -0.398 e. The summed E-state index contributed by atoms with van der Waals surface area (Å²) < 4.78 is 37.8. The molecule has 6 heteroatoms. The van der Waals surface area contributed by atoms with Gasteiger partial charge < -0.3 is 5.73 Å². The SMILES string of the molecule is CC(C)(C)C1CSC(c2ccc(C(F)(F)F)cc2N)=N1. The molecule has 2 nitrogen and oxygen atoms in total. The molecular formula is C14H17F3N2S. The van der Waals surface area contributed by atoms with E-state index < -0.39 is 11.7 Å². The van der Waals surface area contributed by atoms with Crippen molar-refractivity contribution in [2.75, 3.05) is 11.5 Å². The molecule has 1 heterocycles. The van der Waals surface area contributed by atoms with Gasteiger partial charge in [-0.2, -0.15) is 13.2 Å². The molecular weight excluding hydrogens is 285 g/mol. The smallest absolute Gasteiger partial charge is 0.398 e. The number of nitrogen functional groups attached to an aromatic ring is 1. The first kappa shape index (κ1) is 15.2. The number of anilines is 1. The fraction of sp³-hybridized carbons (Fsp3) is 0.500. The number of halogens is 3. The molecule has 2 rings (SSSR count). The summed E-state index contributed by atoms with van der Waals surface area (Å²) >= 11 is 1.55. The first-order valence-corrected chi connectivity index (χ1v) is 7.25. The van der Waals surface area contributed by atoms with Crippen LogP contribution in [0.25, 0.3) is 0 Å². The number of hydrogen-bond acceptors (Lipinski definition) is 3. The van der Waals surface area contributed by atoms with Crippen molar-refractivity contribution in [1.82, 2.24) is 0 Å². The Morgan fingerprint density at radius 3 is 2.35 bits per heavy atom. The maximum atomic E-state index is 12.6. The topological polar surface area (TPSA) is 38.4 Å². The molecule has 0 radical (unpaired) electrons.